The van der Waals surface area contributed by atoms with Crippen LogP contribution in [0.3, 0.4) is 0 Å². The molecule has 4 unspecified atom stereocenters. The summed E-state index contributed by atoms with van der Waals surface area (Å²) in [6.07, 6.45) is 11.8. The van der Waals surface area contributed by atoms with Crippen molar-refractivity contribution in [3.8, 4) is 0 Å². The quantitative estimate of drug-likeness (QED) is 0.909. The first-order chi connectivity index (χ1) is 11.3. The number of hydrogen-bond acceptors (Lipinski definition) is 3. The number of aromatic nitrogens is 1. The highest BCUT2D eigenvalue weighted by molar-refractivity contribution is 5.76. The Morgan fingerprint density at radius 3 is 2.96 bits per heavy atom. The van der Waals surface area contributed by atoms with Crippen molar-refractivity contribution in [3.05, 3.63) is 30.1 Å². The Morgan fingerprint density at radius 1 is 1.30 bits per heavy atom. The highest BCUT2D eigenvalue weighted by Gasteiger charge is 2.56. The van der Waals surface area contributed by atoms with Crippen molar-refractivity contribution in [3.63, 3.8) is 0 Å². The topological polar surface area (TPSA) is 51.2 Å². The summed E-state index contributed by atoms with van der Waals surface area (Å²) in [6.45, 7) is 0.876. The second-order valence-corrected chi connectivity index (χ2v) is 7.36. The lowest BCUT2D eigenvalue weighted by atomic mass is 9.61. The second kappa shape index (κ2) is 6.60. The molecular weight excluding hydrogens is 288 g/mol. The van der Waals surface area contributed by atoms with Gasteiger partial charge in [0.05, 0.1) is 6.10 Å². The fourth-order valence-electron chi connectivity index (χ4n) is 4.92. The number of nitrogens with one attached hydrogen (secondary N) is 1. The van der Waals surface area contributed by atoms with Crippen molar-refractivity contribution in [1.29, 1.82) is 0 Å². The van der Waals surface area contributed by atoms with E-state index in [0.29, 0.717) is 30.4 Å². The zero-order valence-electron chi connectivity index (χ0n) is 13.6. The van der Waals surface area contributed by atoms with Crippen molar-refractivity contribution >= 4 is 5.91 Å². The second-order valence-electron chi connectivity index (χ2n) is 7.36. The monoisotopic (exact) mass is 314 g/mol. The van der Waals surface area contributed by atoms with Gasteiger partial charge in [0.15, 0.2) is 0 Å². The maximum absolute atomic E-state index is 12.4. The summed E-state index contributed by atoms with van der Waals surface area (Å²) in [7, 11) is 0. The third-order valence-electron chi connectivity index (χ3n) is 6.07. The highest BCUT2D eigenvalue weighted by atomic mass is 16.5. The van der Waals surface area contributed by atoms with E-state index >= 15 is 0 Å². The van der Waals surface area contributed by atoms with Gasteiger partial charge < -0.3 is 10.1 Å². The Balaban J connectivity index is 1.34. The maximum atomic E-state index is 12.4. The van der Waals surface area contributed by atoms with Gasteiger partial charge in [-0.3, -0.25) is 9.78 Å². The van der Waals surface area contributed by atoms with Crippen LogP contribution >= 0.6 is 0 Å². The fourth-order valence-corrected chi connectivity index (χ4v) is 4.92. The lowest BCUT2D eigenvalue weighted by molar-refractivity contribution is -0.129. The normalized spacial score (nSPS) is 33.2. The summed E-state index contributed by atoms with van der Waals surface area (Å²) in [5, 5.41) is 3.35. The van der Waals surface area contributed by atoms with Crippen LogP contribution in [0.25, 0.3) is 0 Å². The summed E-state index contributed by atoms with van der Waals surface area (Å²) >= 11 is 0. The molecule has 4 nitrogen and oxygen atoms in total. The standard InChI is InChI=1S/C19H26N2O2/c22-16(8-7-13-4-3-10-20-12-13)21-18-15-9-11-23-19(15)17(18)14-5-1-2-6-14/h3-4,10,12,14-15,17-19H,1-2,5-9,11H2,(H,21,22). The van der Waals surface area contributed by atoms with E-state index in [-0.39, 0.29) is 5.91 Å². The molecule has 1 N–H and O–H groups in total. The Kier molecular flexibility index (Phi) is 4.34. The molecule has 2 heterocycles. The van der Waals surface area contributed by atoms with E-state index in [4.69, 9.17) is 4.74 Å². The molecule has 1 aliphatic heterocycles. The fraction of sp³-hybridized carbons (Fsp3) is 0.684. The molecule has 2 saturated carbocycles. The number of carbonyl (C=O) groups is 1. The zero-order valence-corrected chi connectivity index (χ0v) is 13.6. The molecule has 23 heavy (non-hydrogen) atoms. The predicted octanol–water partition coefficient (Wildman–Crippen LogP) is 2.72. The lowest BCUT2D eigenvalue weighted by Crippen LogP contribution is -2.63. The van der Waals surface area contributed by atoms with Gasteiger partial charge in [0.1, 0.15) is 0 Å². The molecule has 3 fully saturated rings. The van der Waals surface area contributed by atoms with Crippen LogP contribution in [0.15, 0.2) is 24.5 Å². The molecule has 4 atom stereocenters. The van der Waals surface area contributed by atoms with Crippen molar-refractivity contribution in [2.24, 2.45) is 17.8 Å². The Hall–Kier alpha value is -1.42. The number of carbonyl (C=O) groups excluding carboxylic acids is 1. The van der Waals surface area contributed by atoms with Gasteiger partial charge in [-0.1, -0.05) is 31.7 Å². The first-order valence-corrected chi connectivity index (χ1v) is 9.13. The van der Waals surface area contributed by atoms with E-state index in [0.717, 1.165) is 30.9 Å². The van der Waals surface area contributed by atoms with Crippen LogP contribution < -0.4 is 5.32 Å². The number of amides is 1. The number of nitrogens with zero attached hydrogens (tertiary/aromatic N) is 1. The van der Waals surface area contributed by atoms with Gasteiger partial charge in [0.25, 0.3) is 0 Å². The van der Waals surface area contributed by atoms with E-state index in [1.165, 1.54) is 25.7 Å². The van der Waals surface area contributed by atoms with Crippen molar-refractivity contribution < 1.29 is 9.53 Å². The molecule has 1 aromatic rings. The minimum atomic E-state index is 0.187. The van der Waals surface area contributed by atoms with Crippen molar-refractivity contribution in [1.82, 2.24) is 10.3 Å². The Bertz CT molecular complexity index is 537. The molecular formula is C19H26N2O2. The van der Waals surface area contributed by atoms with E-state index in [2.05, 4.69) is 10.3 Å². The third-order valence-corrected chi connectivity index (χ3v) is 6.07. The van der Waals surface area contributed by atoms with Crippen LogP contribution in [-0.4, -0.2) is 29.6 Å². The first-order valence-electron chi connectivity index (χ1n) is 9.13. The van der Waals surface area contributed by atoms with Crippen molar-refractivity contribution in [2.45, 2.75) is 57.1 Å². The Labute approximate surface area is 138 Å². The molecule has 1 amide bonds. The van der Waals surface area contributed by atoms with Crippen LogP contribution in [0.4, 0.5) is 0 Å². The summed E-state index contributed by atoms with van der Waals surface area (Å²) in [5.74, 6) is 2.07. The Morgan fingerprint density at radius 2 is 2.17 bits per heavy atom. The summed E-state index contributed by atoms with van der Waals surface area (Å²) in [6, 6.07) is 4.31. The number of pyridine rings is 1. The molecule has 3 aliphatic rings. The molecule has 4 heteroatoms. The molecule has 4 rings (SSSR count). The van der Waals surface area contributed by atoms with E-state index in [9.17, 15) is 4.79 Å². The highest BCUT2D eigenvalue weighted by Crippen LogP contribution is 2.51. The maximum Gasteiger partial charge on any atom is 0.220 e. The SMILES string of the molecule is O=C(CCc1cccnc1)NC1C2CCOC2C1C1CCCC1. The van der Waals surface area contributed by atoms with Crippen LogP contribution in [0.1, 0.15) is 44.1 Å². The van der Waals surface area contributed by atoms with E-state index in [1.54, 1.807) is 6.20 Å². The molecule has 0 bridgehead atoms. The number of fused-ring (bicyclic) bond motifs is 1. The smallest absolute Gasteiger partial charge is 0.220 e. The van der Waals surface area contributed by atoms with Crippen LogP contribution in [0.2, 0.25) is 0 Å². The van der Waals surface area contributed by atoms with Gasteiger partial charge in [-0.05, 0) is 30.4 Å². The molecule has 124 valence electrons. The molecule has 0 radical (unpaired) electrons. The summed E-state index contributed by atoms with van der Waals surface area (Å²) in [5.41, 5.74) is 1.13. The number of hydrogen-bond donors (Lipinski definition) is 1. The van der Waals surface area contributed by atoms with Gasteiger partial charge in [0.2, 0.25) is 5.91 Å². The van der Waals surface area contributed by atoms with Crippen LogP contribution in [0, 0.1) is 17.8 Å². The van der Waals surface area contributed by atoms with Gasteiger partial charge in [-0.25, -0.2) is 0 Å². The molecule has 0 aromatic carbocycles. The van der Waals surface area contributed by atoms with Crippen LogP contribution in [-0.2, 0) is 16.0 Å². The minimum absolute atomic E-state index is 0.187. The minimum Gasteiger partial charge on any atom is -0.377 e. The summed E-state index contributed by atoms with van der Waals surface area (Å²) in [4.78, 5) is 16.5. The van der Waals surface area contributed by atoms with Gasteiger partial charge in [-0.15, -0.1) is 0 Å². The van der Waals surface area contributed by atoms with E-state index in [1.807, 2.05) is 18.3 Å². The first kappa shape index (κ1) is 15.1. The molecule has 1 aromatic heterocycles. The molecule has 2 aliphatic carbocycles. The summed E-state index contributed by atoms with van der Waals surface area (Å²) < 4.78 is 5.96. The average Bonchev–Trinajstić information content (AvgIpc) is 3.23. The lowest BCUT2D eigenvalue weighted by Gasteiger charge is -2.50. The van der Waals surface area contributed by atoms with Crippen LogP contribution in [0.5, 0.6) is 0 Å². The zero-order chi connectivity index (χ0) is 15.6. The average molecular weight is 314 g/mol. The van der Waals surface area contributed by atoms with Gasteiger partial charge in [0, 0.05) is 43.3 Å². The predicted molar refractivity (Wildman–Crippen MR) is 87.8 cm³/mol. The molecule has 1 saturated heterocycles. The number of rotatable bonds is 5. The number of aryl methyl sites for hydroxylation is 1. The van der Waals surface area contributed by atoms with Crippen molar-refractivity contribution in [2.75, 3.05) is 6.61 Å². The van der Waals surface area contributed by atoms with Gasteiger partial charge >= 0.3 is 0 Å². The third kappa shape index (κ3) is 3.01. The van der Waals surface area contributed by atoms with E-state index < -0.39 is 0 Å². The molecule has 0 spiro atoms. The number of ether oxygens (including phenoxy) is 1. The van der Waals surface area contributed by atoms with Gasteiger partial charge in [-0.2, -0.15) is 0 Å². The largest absolute Gasteiger partial charge is 0.377 e.